The number of anilines is 1. The highest BCUT2D eigenvalue weighted by atomic mass is 16.4. The minimum Gasteiger partial charge on any atom is -0.478 e. The van der Waals surface area contributed by atoms with Crippen LogP contribution in [-0.4, -0.2) is 26.9 Å². The number of hydrogen-bond donors (Lipinski definition) is 1. The molecule has 2 atom stereocenters. The van der Waals surface area contributed by atoms with Crippen LogP contribution >= 0.6 is 0 Å². The number of benzene rings is 3. The van der Waals surface area contributed by atoms with Crippen molar-refractivity contribution in [1.29, 1.82) is 0 Å². The zero-order valence-electron chi connectivity index (χ0n) is 20.9. The zero-order chi connectivity index (χ0) is 25.2. The van der Waals surface area contributed by atoms with E-state index in [4.69, 9.17) is 5.11 Å². The molecular formula is C31H31N3O2. The Kier molecular flexibility index (Phi) is 6.47. The molecule has 1 aliphatic heterocycles. The highest BCUT2D eigenvalue weighted by Gasteiger charge is 2.34. The Morgan fingerprint density at radius 3 is 2.56 bits per heavy atom. The average Bonchev–Trinajstić information content (AvgIpc) is 3.33. The van der Waals surface area contributed by atoms with Crippen molar-refractivity contribution in [1.82, 2.24) is 9.78 Å². The van der Waals surface area contributed by atoms with Crippen LogP contribution in [0.5, 0.6) is 0 Å². The van der Waals surface area contributed by atoms with Gasteiger partial charge in [0.1, 0.15) is 0 Å². The molecule has 36 heavy (non-hydrogen) atoms. The number of hydrogen-bond acceptors (Lipinski definition) is 3. The lowest BCUT2D eigenvalue weighted by Crippen LogP contribution is -2.43. The lowest BCUT2D eigenvalue weighted by molar-refractivity contribution is -0.131. The second kappa shape index (κ2) is 9.86. The van der Waals surface area contributed by atoms with Crippen LogP contribution in [0.2, 0.25) is 0 Å². The van der Waals surface area contributed by atoms with Crippen LogP contribution in [0.4, 0.5) is 5.69 Å². The maximum absolute atomic E-state index is 11.0. The van der Waals surface area contributed by atoms with E-state index < -0.39 is 5.97 Å². The summed E-state index contributed by atoms with van der Waals surface area (Å²) in [5, 5.41) is 13.3. The molecule has 0 spiro atoms. The second-order valence-electron chi connectivity index (χ2n) is 9.50. The predicted molar refractivity (Wildman–Crippen MR) is 145 cm³/mol. The quantitative estimate of drug-likeness (QED) is 0.332. The van der Waals surface area contributed by atoms with Gasteiger partial charge in [-0.05, 0) is 65.3 Å². The summed E-state index contributed by atoms with van der Waals surface area (Å²) >= 11 is 0. The molecule has 182 valence electrons. The number of rotatable bonds is 6. The molecule has 0 saturated heterocycles. The third kappa shape index (κ3) is 4.57. The first-order chi connectivity index (χ1) is 17.4. The number of para-hydroxylation sites is 1. The van der Waals surface area contributed by atoms with Crippen molar-refractivity contribution in [3.63, 3.8) is 0 Å². The largest absolute Gasteiger partial charge is 0.478 e. The molecule has 3 aromatic carbocycles. The third-order valence-electron chi connectivity index (χ3n) is 7.07. The number of nitrogens with zero attached hydrogens (tertiary/aromatic N) is 3. The third-order valence-corrected chi connectivity index (χ3v) is 7.07. The van der Waals surface area contributed by atoms with Gasteiger partial charge in [0, 0.05) is 36.6 Å². The van der Waals surface area contributed by atoms with E-state index in [1.54, 1.807) is 6.08 Å². The van der Waals surface area contributed by atoms with Crippen LogP contribution in [0.1, 0.15) is 47.7 Å². The van der Waals surface area contributed by atoms with Crippen molar-refractivity contribution in [2.75, 3.05) is 4.90 Å². The summed E-state index contributed by atoms with van der Waals surface area (Å²) in [5.41, 5.74) is 9.64. The van der Waals surface area contributed by atoms with Gasteiger partial charge in [0.05, 0.1) is 12.2 Å². The van der Waals surface area contributed by atoms with Gasteiger partial charge >= 0.3 is 5.97 Å². The summed E-state index contributed by atoms with van der Waals surface area (Å²) in [6.07, 6.45) is 8.71. The molecule has 0 saturated carbocycles. The SMILES string of the molecule is CCc1ccccc1N1[C@@H](c2ccc(/C=C/C(=O)O)cc2)c2ccc(-c3cnn(C)c3)cc2C[C@H]1C. The minimum absolute atomic E-state index is 0.0527. The molecule has 0 radical (unpaired) electrons. The monoisotopic (exact) mass is 477 g/mol. The van der Waals surface area contributed by atoms with E-state index >= 15 is 0 Å². The summed E-state index contributed by atoms with van der Waals surface area (Å²) in [6, 6.07) is 24.1. The number of aliphatic carboxylic acids is 1. The fourth-order valence-corrected chi connectivity index (χ4v) is 5.36. The Balaban J connectivity index is 1.63. The molecule has 2 heterocycles. The van der Waals surface area contributed by atoms with Crippen molar-refractivity contribution in [3.8, 4) is 11.1 Å². The maximum atomic E-state index is 11.0. The molecule has 1 N–H and O–H groups in total. The lowest BCUT2D eigenvalue weighted by Gasteiger charge is -2.45. The Morgan fingerprint density at radius 2 is 1.86 bits per heavy atom. The van der Waals surface area contributed by atoms with Gasteiger partial charge in [0.25, 0.3) is 0 Å². The molecule has 1 aromatic heterocycles. The normalized spacial score (nSPS) is 17.4. The summed E-state index contributed by atoms with van der Waals surface area (Å²) in [7, 11) is 1.94. The molecule has 0 unspecified atom stereocenters. The maximum Gasteiger partial charge on any atom is 0.328 e. The second-order valence-corrected chi connectivity index (χ2v) is 9.50. The van der Waals surface area contributed by atoms with E-state index in [0.717, 1.165) is 24.0 Å². The van der Waals surface area contributed by atoms with Crippen LogP contribution in [0, 0.1) is 0 Å². The molecule has 0 amide bonds. The summed E-state index contributed by atoms with van der Waals surface area (Å²) in [4.78, 5) is 13.5. The van der Waals surface area contributed by atoms with Crippen LogP contribution in [0.25, 0.3) is 17.2 Å². The van der Waals surface area contributed by atoms with Gasteiger partial charge in [-0.15, -0.1) is 0 Å². The summed E-state index contributed by atoms with van der Waals surface area (Å²) in [6.45, 7) is 4.52. The first kappa shape index (κ1) is 23.6. The summed E-state index contributed by atoms with van der Waals surface area (Å²) < 4.78 is 1.84. The molecule has 0 aliphatic carbocycles. The van der Waals surface area contributed by atoms with E-state index in [9.17, 15) is 4.79 Å². The van der Waals surface area contributed by atoms with Gasteiger partial charge in [-0.25, -0.2) is 4.79 Å². The number of fused-ring (bicyclic) bond motifs is 1. The zero-order valence-corrected chi connectivity index (χ0v) is 20.9. The molecule has 0 fully saturated rings. The smallest absolute Gasteiger partial charge is 0.328 e. The van der Waals surface area contributed by atoms with Crippen molar-refractivity contribution in [2.45, 2.75) is 38.8 Å². The fraction of sp³-hybridized carbons (Fsp3) is 0.226. The van der Waals surface area contributed by atoms with E-state index in [1.165, 1.54) is 39.6 Å². The Labute approximate surface area is 212 Å². The standard InChI is InChI=1S/C31H31N3O2/c1-4-23-7-5-6-8-29(23)34-21(2)17-26-18-25(27-19-32-33(3)20-27)14-15-28(26)31(34)24-12-9-22(10-13-24)11-16-30(35)36/h5-16,18-21,31H,4,17H2,1-3H3,(H,35,36)/b16-11+/t21-,31+/m1/s1. The number of aromatic nitrogens is 2. The number of carboxylic acids is 1. The average molecular weight is 478 g/mol. The first-order valence-corrected chi connectivity index (χ1v) is 12.4. The van der Waals surface area contributed by atoms with Gasteiger partial charge in [0.15, 0.2) is 0 Å². The Bertz CT molecular complexity index is 1420. The lowest BCUT2D eigenvalue weighted by atomic mass is 9.82. The topological polar surface area (TPSA) is 58.4 Å². The van der Waals surface area contributed by atoms with Crippen LogP contribution in [0.15, 0.2) is 85.2 Å². The Hall–Kier alpha value is -4.12. The molecule has 0 bridgehead atoms. The number of carboxylic acid groups (broad SMARTS) is 1. The van der Waals surface area contributed by atoms with Crippen molar-refractivity contribution >= 4 is 17.7 Å². The molecule has 5 heteroatoms. The highest BCUT2D eigenvalue weighted by molar-refractivity contribution is 5.85. The van der Waals surface area contributed by atoms with Gasteiger partial charge in [-0.3, -0.25) is 4.68 Å². The molecule has 1 aliphatic rings. The highest BCUT2D eigenvalue weighted by Crippen LogP contribution is 2.43. The molecule has 5 nitrogen and oxygen atoms in total. The Morgan fingerprint density at radius 1 is 1.08 bits per heavy atom. The van der Waals surface area contributed by atoms with Crippen LogP contribution in [-0.2, 0) is 24.7 Å². The van der Waals surface area contributed by atoms with E-state index in [1.807, 2.05) is 30.1 Å². The number of aryl methyl sites for hydroxylation is 2. The van der Waals surface area contributed by atoms with Gasteiger partial charge in [0.2, 0.25) is 0 Å². The van der Waals surface area contributed by atoms with E-state index in [0.29, 0.717) is 6.04 Å². The van der Waals surface area contributed by atoms with Gasteiger partial charge in [-0.2, -0.15) is 5.10 Å². The fourth-order valence-electron chi connectivity index (χ4n) is 5.36. The molecule has 5 rings (SSSR count). The van der Waals surface area contributed by atoms with E-state index in [-0.39, 0.29) is 6.04 Å². The van der Waals surface area contributed by atoms with Crippen LogP contribution < -0.4 is 4.90 Å². The van der Waals surface area contributed by atoms with Crippen LogP contribution in [0.3, 0.4) is 0 Å². The molecule has 4 aromatic rings. The predicted octanol–water partition coefficient (Wildman–Crippen LogP) is 6.29. The summed E-state index contributed by atoms with van der Waals surface area (Å²) in [5.74, 6) is -0.944. The van der Waals surface area contributed by atoms with Crippen molar-refractivity contribution < 1.29 is 9.90 Å². The van der Waals surface area contributed by atoms with Gasteiger partial charge in [-0.1, -0.05) is 67.6 Å². The number of carbonyl (C=O) groups is 1. The molecular weight excluding hydrogens is 446 g/mol. The van der Waals surface area contributed by atoms with Gasteiger partial charge < -0.3 is 10.0 Å². The van der Waals surface area contributed by atoms with E-state index in [2.05, 4.69) is 84.6 Å². The van der Waals surface area contributed by atoms with Crippen molar-refractivity contribution in [2.24, 2.45) is 7.05 Å². The first-order valence-electron chi connectivity index (χ1n) is 12.4. The van der Waals surface area contributed by atoms with Crippen molar-refractivity contribution in [3.05, 3.63) is 113 Å². The minimum atomic E-state index is -0.944.